The molecular weight excluding hydrogens is 190 g/mol. The quantitative estimate of drug-likeness (QED) is 0.564. The van der Waals surface area contributed by atoms with Crippen LogP contribution < -0.4 is 14.8 Å². The summed E-state index contributed by atoms with van der Waals surface area (Å²) in [5.41, 5.74) is 0. The average Bonchev–Trinajstić information content (AvgIpc) is 2.04. The van der Waals surface area contributed by atoms with Gasteiger partial charge >= 0.3 is 0 Å². The standard InChI is InChI=1S/C7H17N3O2S/c1-2-9-13(11,12)10-7-3-5-8-6-4-7/h7-10H,2-6H2,1H3. The third kappa shape index (κ3) is 4.04. The lowest BCUT2D eigenvalue weighted by Gasteiger charge is -2.23. The summed E-state index contributed by atoms with van der Waals surface area (Å²) >= 11 is 0. The Hall–Kier alpha value is -0.170. The molecule has 1 heterocycles. The van der Waals surface area contributed by atoms with Gasteiger partial charge < -0.3 is 5.32 Å². The summed E-state index contributed by atoms with van der Waals surface area (Å²) in [7, 11) is -3.26. The molecule has 0 atom stereocenters. The van der Waals surface area contributed by atoms with Crippen LogP contribution in [0.3, 0.4) is 0 Å². The van der Waals surface area contributed by atoms with E-state index in [2.05, 4.69) is 14.8 Å². The second kappa shape index (κ2) is 4.90. The fourth-order valence-electron chi connectivity index (χ4n) is 1.39. The Kier molecular flexibility index (Phi) is 4.11. The fraction of sp³-hybridized carbons (Fsp3) is 1.00. The number of hydrogen-bond acceptors (Lipinski definition) is 3. The summed E-state index contributed by atoms with van der Waals surface area (Å²) in [5.74, 6) is 0. The fourth-order valence-corrected chi connectivity index (χ4v) is 2.53. The Morgan fingerprint density at radius 3 is 2.54 bits per heavy atom. The molecule has 0 saturated carbocycles. The molecule has 1 aliphatic heterocycles. The van der Waals surface area contributed by atoms with Crippen LogP contribution in [-0.4, -0.2) is 34.1 Å². The average molecular weight is 207 g/mol. The van der Waals surface area contributed by atoms with Crippen LogP contribution in [0, 0.1) is 0 Å². The van der Waals surface area contributed by atoms with E-state index in [4.69, 9.17) is 0 Å². The van der Waals surface area contributed by atoms with E-state index in [1.165, 1.54) is 0 Å². The van der Waals surface area contributed by atoms with Crippen molar-refractivity contribution >= 4 is 10.2 Å². The van der Waals surface area contributed by atoms with Gasteiger partial charge in [-0.05, 0) is 25.9 Å². The maximum Gasteiger partial charge on any atom is 0.277 e. The molecule has 6 heteroatoms. The third-order valence-electron chi connectivity index (χ3n) is 2.00. The second-order valence-electron chi connectivity index (χ2n) is 3.14. The van der Waals surface area contributed by atoms with Crippen molar-refractivity contribution in [1.82, 2.24) is 14.8 Å². The molecule has 0 aromatic rings. The minimum Gasteiger partial charge on any atom is -0.317 e. The van der Waals surface area contributed by atoms with Crippen molar-refractivity contribution < 1.29 is 8.42 Å². The normalized spacial score (nSPS) is 20.4. The Labute approximate surface area is 79.5 Å². The second-order valence-corrected chi connectivity index (χ2v) is 4.67. The van der Waals surface area contributed by atoms with Crippen LogP contribution in [0.15, 0.2) is 0 Å². The van der Waals surface area contributed by atoms with Crippen molar-refractivity contribution in [3.05, 3.63) is 0 Å². The molecule has 0 aromatic carbocycles. The molecule has 0 spiro atoms. The van der Waals surface area contributed by atoms with Crippen molar-refractivity contribution in [2.24, 2.45) is 0 Å². The number of hydrogen-bond donors (Lipinski definition) is 3. The molecule has 5 nitrogen and oxygen atoms in total. The lowest BCUT2D eigenvalue weighted by Crippen LogP contribution is -2.47. The number of nitrogens with one attached hydrogen (secondary N) is 3. The van der Waals surface area contributed by atoms with E-state index in [0.29, 0.717) is 6.54 Å². The summed E-state index contributed by atoms with van der Waals surface area (Å²) in [6.45, 7) is 3.97. The first-order valence-electron chi connectivity index (χ1n) is 4.61. The van der Waals surface area contributed by atoms with Gasteiger partial charge in [0.15, 0.2) is 0 Å². The maximum atomic E-state index is 11.3. The highest BCUT2D eigenvalue weighted by atomic mass is 32.2. The van der Waals surface area contributed by atoms with Crippen molar-refractivity contribution in [2.45, 2.75) is 25.8 Å². The van der Waals surface area contributed by atoms with Crippen molar-refractivity contribution in [1.29, 1.82) is 0 Å². The summed E-state index contributed by atoms with van der Waals surface area (Å²) in [6.07, 6.45) is 1.73. The first-order valence-corrected chi connectivity index (χ1v) is 6.10. The minimum atomic E-state index is -3.26. The van der Waals surface area contributed by atoms with Gasteiger partial charge in [-0.25, -0.2) is 4.72 Å². The summed E-state index contributed by atoms with van der Waals surface area (Å²) < 4.78 is 27.5. The van der Waals surface area contributed by atoms with Gasteiger partial charge in [0.1, 0.15) is 0 Å². The highest BCUT2D eigenvalue weighted by molar-refractivity contribution is 7.87. The van der Waals surface area contributed by atoms with E-state index in [9.17, 15) is 8.42 Å². The molecule has 78 valence electrons. The van der Waals surface area contributed by atoms with Gasteiger partial charge in [-0.15, -0.1) is 0 Å². The molecule has 0 bridgehead atoms. The van der Waals surface area contributed by atoms with Gasteiger partial charge in [-0.3, -0.25) is 0 Å². The Bertz CT molecular complexity index is 234. The van der Waals surface area contributed by atoms with Gasteiger partial charge in [0.25, 0.3) is 10.2 Å². The van der Waals surface area contributed by atoms with E-state index in [0.717, 1.165) is 25.9 Å². The van der Waals surface area contributed by atoms with E-state index in [1.54, 1.807) is 6.92 Å². The molecule has 0 aromatic heterocycles. The Morgan fingerprint density at radius 1 is 1.38 bits per heavy atom. The largest absolute Gasteiger partial charge is 0.317 e. The van der Waals surface area contributed by atoms with Gasteiger partial charge in [0, 0.05) is 12.6 Å². The van der Waals surface area contributed by atoms with Gasteiger partial charge in [0.2, 0.25) is 0 Å². The van der Waals surface area contributed by atoms with Crippen LogP contribution in [0.5, 0.6) is 0 Å². The van der Waals surface area contributed by atoms with Crippen LogP contribution in [0.4, 0.5) is 0 Å². The van der Waals surface area contributed by atoms with Crippen LogP contribution in [0.25, 0.3) is 0 Å². The SMILES string of the molecule is CCNS(=O)(=O)NC1CCNCC1. The highest BCUT2D eigenvalue weighted by Gasteiger charge is 2.18. The monoisotopic (exact) mass is 207 g/mol. The summed E-state index contributed by atoms with van der Waals surface area (Å²) in [4.78, 5) is 0. The van der Waals surface area contributed by atoms with E-state index in [-0.39, 0.29) is 6.04 Å². The lowest BCUT2D eigenvalue weighted by atomic mass is 10.1. The van der Waals surface area contributed by atoms with E-state index < -0.39 is 10.2 Å². The molecule has 3 N–H and O–H groups in total. The Morgan fingerprint density at radius 2 is 2.00 bits per heavy atom. The predicted octanol–water partition coefficient (Wildman–Crippen LogP) is -0.818. The van der Waals surface area contributed by atoms with Crippen molar-refractivity contribution in [3.8, 4) is 0 Å². The number of rotatable bonds is 4. The zero-order valence-electron chi connectivity index (χ0n) is 7.84. The summed E-state index contributed by atoms with van der Waals surface area (Å²) in [5, 5.41) is 3.18. The smallest absolute Gasteiger partial charge is 0.277 e. The van der Waals surface area contributed by atoms with Crippen LogP contribution in [0.2, 0.25) is 0 Å². The van der Waals surface area contributed by atoms with Gasteiger partial charge in [-0.2, -0.15) is 13.1 Å². The molecule has 13 heavy (non-hydrogen) atoms. The van der Waals surface area contributed by atoms with E-state index >= 15 is 0 Å². The molecule has 1 saturated heterocycles. The molecule has 1 rings (SSSR count). The predicted molar refractivity (Wildman–Crippen MR) is 51.6 cm³/mol. The van der Waals surface area contributed by atoms with Crippen LogP contribution in [0.1, 0.15) is 19.8 Å². The zero-order chi connectivity index (χ0) is 9.73. The topological polar surface area (TPSA) is 70.2 Å². The van der Waals surface area contributed by atoms with Crippen molar-refractivity contribution in [2.75, 3.05) is 19.6 Å². The van der Waals surface area contributed by atoms with Crippen molar-refractivity contribution in [3.63, 3.8) is 0 Å². The molecule has 0 aliphatic carbocycles. The summed E-state index contributed by atoms with van der Waals surface area (Å²) in [6, 6.07) is 0.0882. The zero-order valence-corrected chi connectivity index (χ0v) is 8.65. The molecule has 0 amide bonds. The van der Waals surface area contributed by atoms with E-state index in [1.807, 2.05) is 0 Å². The molecule has 0 radical (unpaired) electrons. The number of piperidine rings is 1. The maximum absolute atomic E-state index is 11.3. The molecule has 0 unspecified atom stereocenters. The van der Waals surface area contributed by atoms with Crippen LogP contribution in [-0.2, 0) is 10.2 Å². The van der Waals surface area contributed by atoms with Crippen LogP contribution >= 0.6 is 0 Å². The van der Waals surface area contributed by atoms with Gasteiger partial charge in [0.05, 0.1) is 0 Å². The first-order chi connectivity index (χ1) is 6.14. The van der Waals surface area contributed by atoms with Gasteiger partial charge in [-0.1, -0.05) is 6.92 Å². The highest BCUT2D eigenvalue weighted by Crippen LogP contribution is 2.02. The molecular formula is C7H17N3O2S. The molecule has 1 aliphatic rings. The lowest BCUT2D eigenvalue weighted by molar-refractivity contribution is 0.425. The minimum absolute atomic E-state index is 0.0882. The third-order valence-corrected chi connectivity index (χ3v) is 3.31. The molecule has 1 fully saturated rings. The Balaban J connectivity index is 2.37. The first kappa shape index (κ1) is 10.9.